The normalized spacial score (nSPS) is 13.0. The van der Waals surface area contributed by atoms with Gasteiger partial charge >= 0.3 is 15.2 Å². The molecule has 8 nitrogen and oxygen atoms in total. The van der Waals surface area contributed by atoms with Gasteiger partial charge in [-0.05, 0) is 6.42 Å². The number of hydrogen-bond donors (Lipinski definition) is 4. The minimum absolute atomic E-state index is 0.0677. The van der Waals surface area contributed by atoms with Crippen molar-refractivity contribution in [2.45, 2.75) is 18.2 Å². The van der Waals surface area contributed by atoms with Crippen LogP contribution in [0.5, 0.6) is 0 Å². The van der Waals surface area contributed by atoms with E-state index in [1.165, 1.54) is 6.20 Å². The molecular formula is C8H15N2O6P2+. The maximum absolute atomic E-state index is 11.1. The van der Waals surface area contributed by atoms with E-state index in [4.69, 9.17) is 19.6 Å². The largest absolute Gasteiger partial charge is 0.340 e. The molecule has 1 heterocycles. The second kappa shape index (κ2) is 5.57. The third-order valence-corrected chi connectivity index (χ3v) is 6.30. The lowest BCUT2D eigenvalue weighted by atomic mass is 10.3. The molecule has 10 heteroatoms. The Balaban J connectivity index is 2.86. The van der Waals surface area contributed by atoms with Gasteiger partial charge in [-0.2, -0.15) is 0 Å². The van der Waals surface area contributed by atoms with Gasteiger partial charge in [0.05, 0.1) is 19.7 Å². The van der Waals surface area contributed by atoms with Crippen LogP contribution in [0.25, 0.3) is 0 Å². The molecule has 0 aliphatic carbocycles. The van der Waals surface area contributed by atoms with Crippen molar-refractivity contribution in [2.24, 2.45) is 7.05 Å². The van der Waals surface area contributed by atoms with Crippen molar-refractivity contribution in [2.75, 3.05) is 0 Å². The first-order valence-corrected chi connectivity index (χ1v) is 8.38. The predicted molar refractivity (Wildman–Crippen MR) is 61.6 cm³/mol. The van der Waals surface area contributed by atoms with E-state index in [9.17, 15) is 9.13 Å². The highest BCUT2D eigenvalue weighted by Gasteiger charge is 2.43. The maximum Gasteiger partial charge on any atom is 0.340 e. The summed E-state index contributed by atoms with van der Waals surface area (Å²) >= 11 is 0. The van der Waals surface area contributed by atoms with Crippen LogP contribution in [-0.2, 0) is 22.6 Å². The Kier molecular flexibility index (Phi) is 4.78. The topological polar surface area (TPSA) is 132 Å². The zero-order valence-electron chi connectivity index (χ0n) is 9.62. The van der Waals surface area contributed by atoms with Crippen LogP contribution in [0.15, 0.2) is 18.5 Å². The van der Waals surface area contributed by atoms with Crippen molar-refractivity contribution in [3.8, 4) is 0 Å². The summed E-state index contributed by atoms with van der Waals surface area (Å²) < 4.78 is 23.7. The first kappa shape index (κ1) is 15.4. The number of nitrogens with zero attached hydrogens (tertiary/aromatic N) is 2. The van der Waals surface area contributed by atoms with Gasteiger partial charge in [-0.3, -0.25) is 9.13 Å². The fraction of sp³-hybridized carbons (Fsp3) is 0.500. The van der Waals surface area contributed by atoms with Crippen molar-refractivity contribution < 1.29 is 33.3 Å². The van der Waals surface area contributed by atoms with E-state index in [1.807, 2.05) is 0 Å². The third-order valence-electron chi connectivity index (χ3n) is 2.43. The number of aryl methyl sites for hydroxylation is 2. The van der Waals surface area contributed by atoms with E-state index in [1.54, 1.807) is 23.9 Å². The molecule has 0 radical (unpaired) electrons. The van der Waals surface area contributed by atoms with Crippen LogP contribution in [0.1, 0.15) is 12.2 Å². The molecule has 18 heavy (non-hydrogen) atoms. The smallest absolute Gasteiger partial charge is 0.324 e. The molecule has 0 amide bonds. The molecule has 0 unspecified atom stereocenters. The van der Waals surface area contributed by atoms with Crippen LogP contribution in [-0.4, -0.2) is 30.0 Å². The molecule has 0 aromatic carbocycles. The highest BCUT2D eigenvalue weighted by atomic mass is 31.2. The Morgan fingerprint density at radius 1 is 1.28 bits per heavy atom. The summed E-state index contributed by atoms with van der Waals surface area (Å²) in [6.07, 6.45) is 2.92. The van der Waals surface area contributed by atoms with Crippen molar-refractivity contribution in [3.63, 3.8) is 0 Å². The molecule has 0 fully saturated rings. The lowest BCUT2D eigenvalue weighted by Gasteiger charge is -2.18. The van der Waals surface area contributed by atoms with Crippen molar-refractivity contribution in [1.82, 2.24) is 4.98 Å². The number of rotatable bonds is 5. The first-order valence-electron chi connectivity index (χ1n) is 5.02. The fourth-order valence-corrected chi connectivity index (χ4v) is 4.00. The quantitative estimate of drug-likeness (QED) is 0.426. The summed E-state index contributed by atoms with van der Waals surface area (Å²) in [6, 6.07) is 1.67. The summed E-state index contributed by atoms with van der Waals surface area (Å²) in [5.74, 6) is 0.490. The van der Waals surface area contributed by atoms with Gasteiger partial charge < -0.3 is 19.6 Å². The molecule has 0 aliphatic rings. The standard InChI is InChI=1S/C8H14N2O6P2/c1-10-6-2-5-9-7(10)3-4-8(17(11,12)13)18(14,15)16/h2,5-6,8H,3-4H2,1H3,(H3-,11,12,13,14,15,16)/p+1. The molecule has 0 spiro atoms. The van der Waals surface area contributed by atoms with E-state index < -0.39 is 20.6 Å². The van der Waals surface area contributed by atoms with E-state index in [0.29, 0.717) is 5.82 Å². The molecule has 0 saturated carbocycles. The van der Waals surface area contributed by atoms with E-state index in [2.05, 4.69) is 4.98 Å². The second-order valence-electron chi connectivity index (χ2n) is 3.84. The molecule has 0 bridgehead atoms. The maximum atomic E-state index is 11.1. The monoisotopic (exact) mass is 297 g/mol. The molecule has 0 atom stereocenters. The number of aromatic nitrogens is 2. The molecule has 1 aromatic rings. The Morgan fingerprint density at radius 3 is 2.28 bits per heavy atom. The van der Waals surface area contributed by atoms with Gasteiger partial charge in [0.25, 0.3) is 5.82 Å². The van der Waals surface area contributed by atoms with Crippen molar-refractivity contribution in [1.29, 1.82) is 0 Å². The Labute approximate surface area is 104 Å². The Morgan fingerprint density at radius 2 is 1.83 bits per heavy atom. The zero-order chi connectivity index (χ0) is 14.0. The summed E-state index contributed by atoms with van der Waals surface area (Å²) in [5, 5.41) is -1.98. The molecule has 102 valence electrons. The fourth-order valence-electron chi connectivity index (χ4n) is 1.51. The summed E-state index contributed by atoms with van der Waals surface area (Å²) in [6.45, 7) is 0. The van der Waals surface area contributed by atoms with Gasteiger partial charge in [0.1, 0.15) is 6.20 Å². The van der Waals surface area contributed by atoms with E-state index in [-0.39, 0.29) is 12.8 Å². The summed E-state index contributed by atoms with van der Waals surface area (Å²) in [7, 11) is -8.01. The Hall–Kier alpha value is -0.620. The molecule has 1 rings (SSSR count). The van der Waals surface area contributed by atoms with Crippen molar-refractivity contribution in [3.05, 3.63) is 24.3 Å². The van der Waals surface area contributed by atoms with Crippen LogP contribution in [0, 0.1) is 0 Å². The van der Waals surface area contributed by atoms with Gasteiger partial charge in [-0.15, -0.1) is 0 Å². The minimum Gasteiger partial charge on any atom is -0.324 e. The van der Waals surface area contributed by atoms with Crippen LogP contribution in [0.4, 0.5) is 0 Å². The lowest BCUT2D eigenvalue weighted by molar-refractivity contribution is -0.682. The number of hydrogen-bond acceptors (Lipinski definition) is 3. The molecule has 0 aliphatic heterocycles. The second-order valence-corrected chi connectivity index (χ2v) is 7.85. The zero-order valence-corrected chi connectivity index (χ0v) is 11.4. The van der Waals surface area contributed by atoms with Gasteiger partial charge in [0.2, 0.25) is 0 Å². The van der Waals surface area contributed by atoms with Gasteiger partial charge in [0.15, 0.2) is 5.40 Å². The summed E-state index contributed by atoms with van der Waals surface area (Å²) in [4.78, 5) is 39.8. The highest BCUT2D eigenvalue weighted by Crippen LogP contribution is 2.61. The van der Waals surface area contributed by atoms with Crippen LogP contribution >= 0.6 is 15.2 Å². The van der Waals surface area contributed by atoms with Gasteiger partial charge in [0, 0.05) is 6.07 Å². The van der Waals surface area contributed by atoms with Crippen LogP contribution in [0.3, 0.4) is 0 Å². The summed E-state index contributed by atoms with van der Waals surface area (Å²) in [5.41, 5.74) is 0. The minimum atomic E-state index is -4.85. The van der Waals surface area contributed by atoms with E-state index in [0.717, 1.165) is 0 Å². The molecule has 4 N–H and O–H groups in total. The lowest BCUT2D eigenvalue weighted by Crippen LogP contribution is -2.34. The molecular weight excluding hydrogens is 282 g/mol. The predicted octanol–water partition coefficient (Wildman–Crippen LogP) is -0.480. The third kappa shape index (κ3) is 4.24. The van der Waals surface area contributed by atoms with Crippen molar-refractivity contribution >= 4 is 15.2 Å². The van der Waals surface area contributed by atoms with E-state index >= 15 is 0 Å². The molecule has 1 aromatic heterocycles. The highest BCUT2D eigenvalue weighted by molar-refractivity contribution is 7.70. The average Bonchev–Trinajstić information content (AvgIpc) is 2.17. The SMILES string of the molecule is C[n+]1cccnc1CCC(P(=O)(O)O)P(=O)(O)O. The van der Waals surface area contributed by atoms with Gasteiger partial charge in [-0.1, -0.05) is 4.98 Å². The first-order chi connectivity index (χ1) is 8.12. The van der Waals surface area contributed by atoms with Gasteiger partial charge in [-0.25, -0.2) is 4.57 Å². The molecule has 0 saturated heterocycles. The van der Waals surface area contributed by atoms with Crippen LogP contribution in [0.2, 0.25) is 0 Å². The Bertz CT molecular complexity index is 488. The van der Waals surface area contributed by atoms with Crippen LogP contribution < -0.4 is 4.57 Å². The average molecular weight is 297 g/mol.